The Balaban J connectivity index is 1.81. The molecule has 0 unspecified atom stereocenters. The van der Waals surface area contributed by atoms with Gasteiger partial charge in [0, 0.05) is 24.0 Å². The third kappa shape index (κ3) is 9.46. The maximum atomic E-state index is 14.6. The van der Waals surface area contributed by atoms with Gasteiger partial charge in [0.25, 0.3) is 10.0 Å². The molecule has 7 nitrogen and oxygen atoms in total. The van der Waals surface area contributed by atoms with Crippen LogP contribution in [0.2, 0.25) is 5.02 Å². The Morgan fingerprint density at radius 2 is 1.43 bits per heavy atom. The molecule has 0 aliphatic carbocycles. The molecule has 47 heavy (non-hydrogen) atoms. The fourth-order valence-electron chi connectivity index (χ4n) is 5.17. The van der Waals surface area contributed by atoms with Crippen molar-refractivity contribution in [2.24, 2.45) is 0 Å². The van der Waals surface area contributed by atoms with E-state index in [2.05, 4.69) is 19.2 Å². The number of amides is 2. The van der Waals surface area contributed by atoms with Crippen LogP contribution in [0.3, 0.4) is 0 Å². The van der Waals surface area contributed by atoms with Gasteiger partial charge in [0.05, 0.1) is 10.6 Å². The number of hydrogen-bond acceptors (Lipinski definition) is 4. The average Bonchev–Trinajstić information content (AvgIpc) is 3.06. The molecule has 4 aromatic carbocycles. The van der Waals surface area contributed by atoms with Crippen molar-refractivity contribution in [1.82, 2.24) is 10.2 Å². The number of benzene rings is 4. The molecular formula is C38H44ClN3O4S. The van der Waals surface area contributed by atoms with Crippen molar-refractivity contribution in [2.45, 2.75) is 76.9 Å². The van der Waals surface area contributed by atoms with Crippen molar-refractivity contribution >= 4 is 39.1 Å². The number of nitrogens with one attached hydrogen (secondary N) is 1. The van der Waals surface area contributed by atoms with Crippen LogP contribution in [0, 0.1) is 6.92 Å². The van der Waals surface area contributed by atoms with Crippen LogP contribution in [0.5, 0.6) is 0 Å². The van der Waals surface area contributed by atoms with Crippen molar-refractivity contribution in [3.8, 4) is 0 Å². The van der Waals surface area contributed by atoms with Crippen LogP contribution in [0.1, 0.15) is 62.3 Å². The highest BCUT2D eigenvalue weighted by Crippen LogP contribution is 2.27. The Labute approximate surface area is 284 Å². The maximum Gasteiger partial charge on any atom is 0.264 e. The van der Waals surface area contributed by atoms with Crippen LogP contribution in [0.15, 0.2) is 108 Å². The summed E-state index contributed by atoms with van der Waals surface area (Å²) in [5.41, 5.74) is 3.95. The van der Waals surface area contributed by atoms with Crippen molar-refractivity contribution in [3.05, 3.63) is 130 Å². The largest absolute Gasteiger partial charge is 0.352 e. The van der Waals surface area contributed by atoms with Gasteiger partial charge in [-0.15, -0.1) is 0 Å². The Bertz CT molecular complexity index is 1730. The molecule has 2 amide bonds. The number of anilines is 1. The minimum Gasteiger partial charge on any atom is -0.352 e. The molecule has 0 aliphatic rings. The smallest absolute Gasteiger partial charge is 0.264 e. The number of sulfonamides is 1. The van der Waals surface area contributed by atoms with E-state index in [1.165, 1.54) is 4.90 Å². The zero-order valence-electron chi connectivity index (χ0n) is 27.7. The summed E-state index contributed by atoms with van der Waals surface area (Å²) in [5.74, 6) is -0.575. The van der Waals surface area contributed by atoms with E-state index < -0.39 is 28.5 Å². The number of aryl methyl sites for hydroxylation is 1. The Morgan fingerprint density at radius 1 is 0.809 bits per heavy atom. The zero-order valence-corrected chi connectivity index (χ0v) is 29.3. The third-order valence-corrected chi connectivity index (χ3v) is 10.3. The first-order valence-corrected chi connectivity index (χ1v) is 17.8. The predicted molar refractivity (Wildman–Crippen MR) is 190 cm³/mol. The van der Waals surface area contributed by atoms with Gasteiger partial charge < -0.3 is 10.2 Å². The topological polar surface area (TPSA) is 86.8 Å². The predicted octanol–water partition coefficient (Wildman–Crippen LogP) is 7.52. The molecule has 0 spiro atoms. The summed E-state index contributed by atoms with van der Waals surface area (Å²) >= 11 is 6.17. The first-order valence-electron chi connectivity index (χ1n) is 16.0. The summed E-state index contributed by atoms with van der Waals surface area (Å²) in [6.07, 6.45) is 0.958. The average molecular weight is 674 g/mol. The molecule has 9 heteroatoms. The molecule has 0 fully saturated rings. The first-order chi connectivity index (χ1) is 22.4. The minimum atomic E-state index is -4.17. The fourth-order valence-corrected chi connectivity index (χ4v) is 6.71. The highest BCUT2D eigenvalue weighted by molar-refractivity contribution is 7.92. The molecule has 4 aromatic rings. The lowest BCUT2D eigenvalue weighted by molar-refractivity contribution is -0.140. The lowest BCUT2D eigenvalue weighted by Gasteiger charge is -2.34. The second-order valence-corrected chi connectivity index (χ2v) is 14.5. The summed E-state index contributed by atoms with van der Waals surface area (Å²) in [6.45, 7) is 9.47. The van der Waals surface area contributed by atoms with Gasteiger partial charge >= 0.3 is 0 Å². The Kier molecular flexibility index (Phi) is 12.2. The fraction of sp³-hybridized carbons (Fsp3) is 0.316. The SMILES string of the molecule is CC[C@H](C)NC(=O)[C@@H](Cc1ccccc1)N(Cc1ccc(Cl)cc1)C(=O)CN(c1ccc(C(C)C)cc1)S(=O)(=O)c1ccc(C)cc1. The van der Waals surface area contributed by atoms with Gasteiger partial charge in [-0.2, -0.15) is 0 Å². The lowest BCUT2D eigenvalue weighted by Crippen LogP contribution is -2.54. The molecule has 1 N–H and O–H groups in total. The number of carbonyl (C=O) groups is 2. The number of carbonyl (C=O) groups excluding carboxylic acids is 2. The summed E-state index contributed by atoms with van der Waals surface area (Å²) in [7, 11) is -4.17. The zero-order chi connectivity index (χ0) is 34.1. The summed E-state index contributed by atoms with van der Waals surface area (Å²) in [5, 5.41) is 3.60. The Hall–Kier alpha value is -4.14. The van der Waals surface area contributed by atoms with Crippen molar-refractivity contribution < 1.29 is 18.0 Å². The molecule has 4 rings (SSSR count). The van der Waals surface area contributed by atoms with Crippen LogP contribution in [0.25, 0.3) is 0 Å². The van der Waals surface area contributed by atoms with Crippen molar-refractivity contribution in [2.75, 3.05) is 10.8 Å². The molecule has 0 aromatic heterocycles. The standard InChI is InChI=1S/C38H44ClN3O4S/c1-6-29(5)40-38(44)36(24-30-10-8-7-9-11-30)41(25-31-14-18-33(39)19-15-31)37(43)26-42(34-20-16-32(17-21-34)27(2)3)47(45,46)35-22-12-28(4)13-23-35/h7-23,27,29,36H,6,24-26H2,1-5H3,(H,40,44)/t29-,36+/m0/s1. The monoisotopic (exact) mass is 673 g/mol. The van der Waals surface area contributed by atoms with E-state index in [1.807, 2.05) is 63.2 Å². The first kappa shape index (κ1) is 35.7. The van der Waals surface area contributed by atoms with Crippen molar-refractivity contribution in [3.63, 3.8) is 0 Å². The highest BCUT2D eigenvalue weighted by atomic mass is 35.5. The van der Waals surface area contributed by atoms with Gasteiger partial charge in [0.1, 0.15) is 12.6 Å². The van der Waals surface area contributed by atoms with Crippen molar-refractivity contribution in [1.29, 1.82) is 0 Å². The maximum absolute atomic E-state index is 14.6. The molecule has 0 bridgehead atoms. The number of nitrogens with zero attached hydrogens (tertiary/aromatic N) is 2. The van der Waals surface area contributed by atoms with E-state index in [1.54, 1.807) is 60.7 Å². The number of halogens is 1. The second kappa shape index (κ2) is 16.1. The van der Waals surface area contributed by atoms with Crippen LogP contribution in [-0.4, -0.2) is 43.8 Å². The second-order valence-electron chi connectivity index (χ2n) is 12.2. The molecule has 248 valence electrons. The van der Waals surface area contributed by atoms with Crippen LogP contribution in [-0.2, 0) is 32.6 Å². The molecule has 0 saturated heterocycles. The molecule has 0 saturated carbocycles. The molecule has 2 atom stereocenters. The molecule has 0 aliphatic heterocycles. The van der Waals surface area contributed by atoms with E-state index in [-0.39, 0.29) is 35.7 Å². The highest BCUT2D eigenvalue weighted by Gasteiger charge is 2.35. The van der Waals surface area contributed by atoms with E-state index >= 15 is 0 Å². The van der Waals surface area contributed by atoms with Gasteiger partial charge in [0.2, 0.25) is 11.8 Å². The van der Waals surface area contributed by atoms with Crippen LogP contribution in [0.4, 0.5) is 5.69 Å². The van der Waals surface area contributed by atoms with Gasteiger partial charge in [-0.3, -0.25) is 13.9 Å². The van der Waals surface area contributed by atoms with Gasteiger partial charge in [-0.25, -0.2) is 8.42 Å². The van der Waals surface area contributed by atoms with Gasteiger partial charge in [0.15, 0.2) is 0 Å². The summed E-state index contributed by atoms with van der Waals surface area (Å²) < 4.78 is 29.7. The van der Waals surface area contributed by atoms with Gasteiger partial charge in [-0.05, 0) is 79.3 Å². The summed E-state index contributed by atoms with van der Waals surface area (Å²) in [4.78, 5) is 30.1. The normalized spacial score (nSPS) is 12.7. The molecule has 0 heterocycles. The van der Waals surface area contributed by atoms with Crippen LogP contribution < -0.4 is 9.62 Å². The summed E-state index contributed by atoms with van der Waals surface area (Å²) in [6, 6.07) is 29.3. The number of rotatable bonds is 14. The quantitative estimate of drug-likeness (QED) is 0.150. The third-order valence-electron chi connectivity index (χ3n) is 8.27. The number of hydrogen-bond donors (Lipinski definition) is 1. The molecule has 0 radical (unpaired) electrons. The van der Waals surface area contributed by atoms with Crippen LogP contribution >= 0.6 is 11.6 Å². The van der Waals surface area contributed by atoms with E-state index in [4.69, 9.17) is 11.6 Å². The van der Waals surface area contributed by atoms with Gasteiger partial charge in [-0.1, -0.05) is 105 Å². The van der Waals surface area contributed by atoms with E-state index in [0.717, 1.165) is 26.6 Å². The molecular weight excluding hydrogens is 630 g/mol. The Morgan fingerprint density at radius 3 is 2.00 bits per heavy atom. The van der Waals surface area contributed by atoms with E-state index in [0.29, 0.717) is 17.1 Å². The minimum absolute atomic E-state index is 0.0726. The van der Waals surface area contributed by atoms with E-state index in [9.17, 15) is 18.0 Å². The lowest BCUT2D eigenvalue weighted by atomic mass is 10.0.